The lowest BCUT2D eigenvalue weighted by molar-refractivity contribution is -0.643. The normalized spacial score (nSPS) is 12.7. The summed E-state index contributed by atoms with van der Waals surface area (Å²) in [5.74, 6) is 0. The molecule has 3 nitrogen and oxygen atoms in total. The van der Waals surface area contributed by atoms with Gasteiger partial charge in [-0.05, 0) is 60.0 Å². The smallest absolute Gasteiger partial charge is 0.224 e. The van der Waals surface area contributed by atoms with Crippen LogP contribution in [0.2, 0.25) is 19.6 Å². The van der Waals surface area contributed by atoms with Crippen molar-refractivity contribution in [2.45, 2.75) is 33.5 Å². The molecule has 0 aliphatic rings. The summed E-state index contributed by atoms with van der Waals surface area (Å²) in [7, 11) is 0.639. The summed E-state index contributed by atoms with van der Waals surface area (Å²) in [5.41, 5.74) is 8.34. The summed E-state index contributed by atoms with van der Waals surface area (Å²) in [6, 6.07) is 15.6. The summed E-state index contributed by atoms with van der Waals surface area (Å²) >= 11 is 0. The Bertz CT molecular complexity index is 1790. The van der Waals surface area contributed by atoms with E-state index in [1.165, 1.54) is 65.3 Å². The molecule has 0 N–H and O–H groups in total. The molecule has 0 unspecified atom stereocenters. The van der Waals surface area contributed by atoms with E-state index in [0.29, 0.717) is 5.69 Å². The van der Waals surface area contributed by atoms with Crippen LogP contribution >= 0.6 is 0 Å². The molecule has 156 valence electrons. The molecule has 4 heteroatoms. The van der Waals surface area contributed by atoms with Gasteiger partial charge in [0.2, 0.25) is 5.52 Å². The number of fused-ring (bicyclic) bond motifs is 5. The van der Waals surface area contributed by atoms with Crippen molar-refractivity contribution in [3.8, 4) is 0 Å². The van der Waals surface area contributed by atoms with E-state index in [-0.39, 0.29) is 0 Å². The van der Waals surface area contributed by atoms with E-state index in [4.69, 9.17) is 6.57 Å². The first-order valence-corrected chi connectivity index (χ1v) is 14.6. The molecule has 0 fully saturated rings. The van der Waals surface area contributed by atoms with Gasteiger partial charge >= 0.3 is 0 Å². The van der Waals surface area contributed by atoms with Crippen LogP contribution in [0.4, 0.5) is 5.69 Å². The van der Waals surface area contributed by atoms with Gasteiger partial charge in [-0.15, -0.1) is 0 Å². The molecule has 0 radical (unpaired) electrons. The Morgan fingerprint density at radius 2 is 1.69 bits per heavy atom. The van der Waals surface area contributed by atoms with Gasteiger partial charge in [0.15, 0.2) is 11.9 Å². The summed E-state index contributed by atoms with van der Waals surface area (Å²) < 4.78 is 4.76. The predicted molar refractivity (Wildman–Crippen MR) is 138 cm³/mol. The molecule has 3 aromatic heterocycles. The minimum atomic E-state index is -1.52. The van der Waals surface area contributed by atoms with E-state index in [0.717, 1.165) is 0 Å². The Labute approximate surface area is 188 Å². The lowest BCUT2D eigenvalue weighted by Gasteiger charge is -2.20. The molecule has 0 aliphatic carbocycles. The van der Waals surface area contributed by atoms with Crippen LogP contribution in [0.3, 0.4) is 0 Å². The fourth-order valence-corrected chi connectivity index (χ4v) is 6.55. The molecule has 0 bridgehead atoms. The van der Waals surface area contributed by atoms with Crippen molar-refractivity contribution in [1.29, 1.82) is 0 Å². The van der Waals surface area contributed by atoms with Crippen LogP contribution in [0.5, 0.6) is 0 Å². The minimum absolute atomic E-state index is 0.694. The van der Waals surface area contributed by atoms with E-state index >= 15 is 0 Å². The molecule has 0 saturated carbocycles. The van der Waals surface area contributed by atoms with Crippen LogP contribution in [0.1, 0.15) is 11.1 Å². The maximum atomic E-state index is 7.55. The third kappa shape index (κ3) is 2.32. The summed E-state index contributed by atoms with van der Waals surface area (Å²) in [5, 5.41) is 7.84. The summed E-state index contributed by atoms with van der Waals surface area (Å²) in [6.07, 6.45) is 2.21. The maximum Gasteiger partial charge on any atom is 0.224 e. The zero-order valence-corrected chi connectivity index (χ0v) is 20.5. The molecule has 0 aliphatic heterocycles. The zero-order chi connectivity index (χ0) is 22.5. The average Bonchev–Trinajstić information content (AvgIpc) is 3.08. The van der Waals surface area contributed by atoms with Gasteiger partial charge in [-0.1, -0.05) is 37.0 Å². The Morgan fingerprint density at radius 1 is 0.906 bits per heavy atom. The van der Waals surface area contributed by atoms with Crippen molar-refractivity contribution in [3.63, 3.8) is 0 Å². The zero-order valence-electron chi connectivity index (χ0n) is 19.5. The van der Waals surface area contributed by atoms with Crippen molar-refractivity contribution in [3.05, 3.63) is 71.2 Å². The first-order valence-electron chi connectivity index (χ1n) is 11.1. The fourth-order valence-electron chi connectivity index (χ4n) is 5.40. The highest BCUT2D eigenvalue weighted by molar-refractivity contribution is 6.89. The minimum Gasteiger partial charge on any atom is -0.308 e. The number of pyridine rings is 2. The van der Waals surface area contributed by atoms with Crippen molar-refractivity contribution in [2.75, 3.05) is 0 Å². The maximum absolute atomic E-state index is 7.55. The highest BCUT2D eigenvalue weighted by Gasteiger charge is 2.27. The number of hydrogen-bond donors (Lipinski definition) is 0. The average molecular weight is 433 g/mol. The van der Waals surface area contributed by atoms with Gasteiger partial charge in [0.1, 0.15) is 7.05 Å². The molecule has 0 spiro atoms. The first kappa shape index (κ1) is 19.3. The van der Waals surface area contributed by atoms with Gasteiger partial charge in [-0.2, -0.15) is 0 Å². The van der Waals surface area contributed by atoms with Gasteiger partial charge in [0.25, 0.3) is 0 Å². The molecular weight excluding hydrogens is 406 g/mol. The molecule has 6 rings (SSSR count). The molecule has 3 heterocycles. The third-order valence-electron chi connectivity index (χ3n) is 7.24. The fraction of sp³-hybridized carbons (Fsp3) is 0.214. The van der Waals surface area contributed by atoms with E-state index < -0.39 is 8.07 Å². The van der Waals surface area contributed by atoms with Gasteiger partial charge < -0.3 is 4.40 Å². The van der Waals surface area contributed by atoms with Gasteiger partial charge in [-0.25, -0.2) is 9.41 Å². The lowest BCUT2D eigenvalue weighted by atomic mass is 9.96. The third-order valence-corrected chi connectivity index (χ3v) is 9.26. The van der Waals surface area contributed by atoms with Crippen molar-refractivity contribution < 1.29 is 4.57 Å². The first-order chi connectivity index (χ1) is 15.2. The Hall–Kier alpha value is -3.42. The Balaban J connectivity index is 2.06. The van der Waals surface area contributed by atoms with E-state index in [1.807, 2.05) is 6.07 Å². The highest BCUT2D eigenvalue weighted by Crippen LogP contribution is 2.42. The second-order valence-corrected chi connectivity index (χ2v) is 15.3. The number of hydrogen-bond acceptors (Lipinski definition) is 0. The van der Waals surface area contributed by atoms with Crippen LogP contribution < -0.4 is 9.75 Å². The van der Waals surface area contributed by atoms with E-state index in [9.17, 15) is 0 Å². The topological polar surface area (TPSA) is 12.6 Å². The van der Waals surface area contributed by atoms with Gasteiger partial charge in [0.05, 0.1) is 42.0 Å². The SMILES string of the molecule is [C-]#[N+]c1ccc2c(c1)c1cc(C)c(C)c3c1n2c1cc([Si](C)(C)C)cc2cc[n+](C)c3c21. The van der Waals surface area contributed by atoms with Gasteiger partial charge in [-0.3, -0.25) is 0 Å². The second-order valence-electron chi connectivity index (χ2n) is 10.2. The largest absolute Gasteiger partial charge is 0.308 e. The van der Waals surface area contributed by atoms with Crippen LogP contribution in [0.15, 0.2) is 48.7 Å². The molecule has 0 saturated heterocycles. The van der Waals surface area contributed by atoms with Crippen molar-refractivity contribution >= 4 is 67.9 Å². The number of aryl methyl sites for hydroxylation is 3. The molecular formula is C28H26N3Si+. The summed E-state index contributed by atoms with van der Waals surface area (Å²) in [4.78, 5) is 3.72. The molecule has 6 aromatic rings. The number of rotatable bonds is 1. The quantitative estimate of drug-likeness (QED) is 0.0921. The lowest BCUT2D eigenvalue weighted by Crippen LogP contribution is -2.38. The van der Waals surface area contributed by atoms with Crippen molar-refractivity contribution in [1.82, 2.24) is 4.40 Å². The number of aromatic nitrogens is 2. The molecule has 0 amide bonds. The standard InChI is InChI=1S/C28H26N3Si/c1-16-12-22-21-14-19(29-3)8-9-23(21)31-24-15-20(32(5,6)7)13-18-10-11-30(4)28(26(18)24)25(17(16)2)27(22)31/h8-15H,1-2,4-7H3/q+1. The van der Waals surface area contributed by atoms with Gasteiger partial charge in [0, 0.05) is 11.5 Å². The second kappa shape index (κ2) is 6.09. The van der Waals surface area contributed by atoms with Crippen LogP contribution in [0, 0.1) is 20.4 Å². The number of nitrogens with zero attached hydrogens (tertiary/aromatic N) is 3. The number of benzene rings is 3. The Kier molecular flexibility index (Phi) is 3.67. The van der Waals surface area contributed by atoms with Crippen LogP contribution in [-0.4, -0.2) is 12.5 Å². The van der Waals surface area contributed by atoms with Crippen LogP contribution in [0.25, 0.3) is 53.8 Å². The molecule has 32 heavy (non-hydrogen) atoms. The van der Waals surface area contributed by atoms with E-state index in [2.05, 4.69) is 96.9 Å². The van der Waals surface area contributed by atoms with Crippen LogP contribution in [-0.2, 0) is 7.05 Å². The Morgan fingerprint density at radius 3 is 2.41 bits per heavy atom. The van der Waals surface area contributed by atoms with E-state index in [1.54, 1.807) is 0 Å². The highest BCUT2D eigenvalue weighted by atomic mass is 28.3. The molecule has 3 aromatic carbocycles. The predicted octanol–water partition coefficient (Wildman–Crippen LogP) is 6.53. The summed E-state index contributed by atoms with van der Waals surface area (Å²) in [6.45, 7) is 19.3. The van der Waals surface area contributed by atoms with Crippen molar-refractivity contribution in [2.24, 2.45) is 7.05 Å². The monoisotopic (exact) mass is 432 g/mol. The molecule has 0 atom stereocenters.